The molecule has 0 atom stereocenters. The van der Waals surface area contributed by atoms with Gasteiger partial charge in [0.2, 0.25) is 5.91 Å². The van der Waals surface area contributed by atoms with Gasteiger partial charge in [0.25, 0.3) is 0 Å². The molecule has 1 aliphatic carbocycles. The van der Waals surface area contributed by atoms with Gasteiger partial charge in [0, 0.05) is 25.0 Å². The highest BCUT2D eigenvalue weighted by Gasteiger charge is 2.11. The average Bonchev–Trinajstić information content (AvgIpc) is 2.81. The van der Waals surface area contributed by atoms with Crippen LogP contribution in [0.15, 0.2) is 17.1 Å². The lowest BCUT2D eigenvalue weighted by Crippen LogP contribution is -2.42. The van der Waals surface area contributed by atoms with Crippen LogP contribution in [0.1, 0.15) is 40.0 Å². The summed E-state index contributed by atoms with van der Waals surface area (Å²) in [6, 6.07) is 0.620. The van der Waals surface area contributed by atoms with Gasteiger partial charge in [-0.1, -0.05) is 12.2 Å². The minimum Gasteiger partial charge on any atom is -0.357 e. The highest BCUT2D eigenvalue weighted by molar-refractivity contribution is 5.81. The quantitative estimate of drug-likeness (QED) is 0.384. The predicted octanol–water partition coefficient (Wildman–Crippen LogP) is 1.17. The normalized spacial score (nSPS) is 15.9. The molecule has 0 saturated carbocycles. The summed E-state index contributed by atoms with van der Waals surface area (Å²) in [7, 11) is 0. The van der Waals surface area contributed by atoms with E-state index in [4.69, 9.17) is 0 Å². The zero-order valence-corrected chi connectivity index (χ0v) is 12.2. The predicted molar refractivity (Wildman–Crippen MR) is 79.2 cm³/mol. The summed E-state index contributed by atoms with van der Waals surface area (Å²) >= 11 is 0. The smallest absolute Gasteiger partial charge is 0.222 e. The number of hydrogen-bond acceptors (Lipinski definition) is 2. The number of carbonyl (C=O) groups excluding carboxylic acids is 1. The van der Waals surface area contributed by atoms with Crippen molar-refractivity contribution in [1.29, 1.82) is 0 Å². The SMILES string of the molecule is CCNC(=NCCC(=O)NC(C)C)NC1CC=CC1. The topological polar surface area (TPSA) is 65.5 Å². The van der Waals surface area contributed by atoms with Crippen LogP contribution in [0.5, 0.6) is 0 Å². The van der Waals surface area contributed by atoms with Gasteiger partial charge >= 0.3 is 0 Å². The van der Waals surface area contributed by atoms with Crippen LogP contribution >= 0.6 is 0 Å². The van der Waals surface area contributed by atoms with Crippen LogP contribution in [0.2, 0.25) is 0 Å². The molecule has 5 nitrogen and oxygen atoms in total. The van der Waals surface area contributed by atoms with Crippen LogP contribution in [0.3, 0.4) is 0 Å². The van der Waals surface area contributed by atoms with E-state index in [1.165, 1.54) is 0 Å². The van der Waals surface area contributed by atoms with Crippen LogP contribution in [-0.4, -0.2) is 37.0 Å². The van der Waals surface area contributed by atoms with Crippen LogP contribution in [0.25, 0.3) is 0 Å². The Morgan fingerprint density at radius 1 is 1.37 bits per heavy atom. The van der Waals surface area contributed by atoms with E-state index in [-0.39, 0.29) is 11.9 Å². The average molecular weight is 266 g/mol. The molecule has 0 heterocycles. The highest BCUT2D eigenvalue weighted by Crippen LogP contribution is 2.08. The summed E-state index contributed by atoms with van der Waals surface area (Å²) in [5.41, 5.74) is 0. The second kappa shape index (κ2) is 8.56. The molecule has 108 valence electrons. The lowest BCUT2D eigenvalue weighted by atomic mass is 10.2. The minimum absolute atomic E-state index is 0.0529. The van der Waals surface area contributed by atoms with Gasteiger partial charge in [-0.3, -0.25) is 9.79 Å². The van der Waals surface area contributed by atoms with E-state index in [9.17, 15) is 4.79 Å². The summed E-state index contributed by atoms with van der Waals surface area (Å²) in [4.78, 5) is 15.9. The number of amides is 1. The summed E-state index contributed by atoms with van der Waals surface area (Å²) in [5, 5.41) is 9.44. The molecule has 0 aromatic rings. The van der Waals surface area contributed by atoms with Gasteiger partial charge in [-0.2, -0.15) is 0 Å². The first-order valence-corrected chi connectivity index (χ1v) is 7.11. The molecule has 0 saturated heterocycles. The third kappa shape index (κ3) is 6.84. The third-order valence-corrected chi connectivity index (χ3v) is 2.75. The third-order valence-electron chi connectivity index (χ3n) is 2.75. The molecule has 0 bridgehead atoms. The summed E-state index contributed by atoms with van der Waals surface area (Å²) in [6.07, 6.45) is 6.86. The number of aliphatic imine (C=N–C) groups is 1. The molecular formula is C14H26N4O. The van der Waals surface area contributed by atoms with Gasteiger partial charge < -0.3 is 16.0 Å². The van der Waals surface area contributed by atoms with Crippen LogP contribution < -0.4 is 16.0 Å². The van der Waals surface area contributed by atoms with Gasteiger partial charge in [0.15, 0.2) is 5.96 Å². The fourth-order valence-corrected chi connectivity index (χ4v) is 1.91. The molecular weight excluding hydrogens is 240 g/mol. The number of guanidine groups is 1. The number of hydrogen-bond donors (Lipinski definition) is 3. The molecule has 19 heavy (non-hydrogen) atoms. The maximum atomic E-state index is 11.5. The molecule has 1 rings (SSSR count). The van der Waals surface area contributed by atoms with Gasteiger partial charge in [0.05, 0.1) is 6.54 Å². The van der Waals surface area contributed by atoms with E-state index >= 15 is 0 Å². The molecule has 3 N–H and O–H groups in total. The van der Waals surface area contributed by atoms with Gasteiger partial charge in [-0.15, -0.1) is 0 Å². The zero-order valence-electron chi connectivity index (χ0n) is 12.2. The number of nitrogens with one attached hydrogen (secondary N) is 3. The maximum Gasteiger partial charge on any atom is 0.222 e. The van der Waals surface area contributed by atoms with Gasteiger partial charge in [-0.25, -0.2) is 0 Å². The Hall–Kier alpha value is -1.52. The second-order valence-electron chi connectivity index (χ2n) is 5.02. The van der Waals surface area contributed by atoms with Gasteiger partial charge in [0.1, 0.15) is 0 Å². The van der Waals surface area contributed by atoms with E-state index in [1.54, 1.807) is 0 Å². The molecule has 0 fully saturated rings. The lowest BCUT2D eigenvalue weighted by Gasteiger charge is -2.16. The molecule has 0 unspecified atom stereocenters. The zero-order chi connectivity index (χ0) is 14.1. The molecule has 1 amide bonds. The largest absolute Gasteiger partial charge is 0.357 e. The summed E-state index contributed by atoms with van der Waals surface area (Å²) < 4.78 is 0. The molecule has 1 aliphatic rings. The Morgan fingerprint density at radius 3 is 2.63 bits per heavy atom. The summed E-state index contributed by atoms with van der Waals surface area (Å²) in [5.74, 6) is 0.852. The summed E-state index contributed by atoms with van der Waals surface area (Å²) in [6.45, 7) is 7.29. The van der Waals surface area contributed by atoms with Crippen LogP contribution in [0, 0.1) is 0 Å². The first-order valence-electron chi connectivity index (χ1n) is 7.11. The van der Waals surface area contributed by atoms with Crippen molar-refractivity contribution in [2.75, 3.05) is 13.1 Å². The van der Waals surface area contributed by atoms with Crippen molar-refractivity contribution in [2.24, 2.45) is 4.99 Å². The van der Waals surface area contributed by atoms with Crippen molar-refractivity contribution in [2.45, 2.75) is 52.1 Å². The van der Waals surface area contributed by atoms with E-state index in [1.807, 2.05) is 20.8 Å². The Morgan fingerprint density at radius 2 is 2.05 bits per heavy atom. The molecule has 0 aromatic carbocycles. The van der Waals surface area contributed by atoms with Crippen LogP contribution in [0.4, 0.5) is 0 Å². The van der Waals surface area contributed by atoms with Crippen LogP contribution in [-0.2, 0) is 4.79 Å². The molecule has 0 radical (unpaired) electrons. The van der Waals surface area contributed by atoms with Crippen molar-refractivity contribution in [1.82, 2.24) is 16.0 Å². The Kier molecular flexibility index (Phi) is 7.00. The first-order chi connectivity index (χ1) is 9.11. The monoisotopic (exact) mass is 266 g/mol. The van der Waals surface area contributed by atoms with E-state index in [2.05, 4.69) is 33.1 Å². The van der Waals surface area contributed by atoms with Crippen molar-refractivity contribution >= 4 is 11.9 Å². The van der Waals surface area contributed by atoms with Crippen molar-refractivity contribution in [3.8, 4) is 0 Å². The highest BCUT2D eigenvalue weighted by atomic mass is 16.1. The fraction of sp³-hybridized carbons (Fsp3) is 0.714. The number of nitrogens with zero attached hydrogens (tertiary/aromatic N) is 1. The molecule has 0 aromatic heterocycles. The number of carbonyl (C=O) groups is 1. The fourth-order valence-electron chi connectivity index (χ4n) is 1.91. The molecule has 5 heteroatoms. The van der Waals surface area contributed by atoms with E-state index in [0.717, 1.165) is 25.3 Å². The second-order valence-corrected chi connectivity index (χ2v) is 5.02. The van der Waals surface area contributed by atoms with Gasteiger partial charge in [-0.05, 0) is 33.6 Å². The van der Waals surface area contributed by atoms with E-state index in [0.29, 0.717) is 19.0 Å². The van der Waals surface area contributed by atoms with Crippen molar-refractivity contribution in [3.05, 3.63) is 12.2 Å². The maximum absolute atomic E-state index is 11.5. The Balaban J connectivity index is 2.33. The Bertz CT molecular complexity index is 328. The lowest BCUT2D eigenvalue weighted by molar-refractivity contribution is -0.121. The molecule has 0 spiro atoms. The first kappa shape index (κ1) is 15.5. The Labute approximate surface area is 115 Å². The standard InChI is InChI=1S/C14H26N4O/c1-4-15-14(18-12-7-5-6-8-12)16-10-9-13(19)17-11(2)3/h5-6,11-12H,4,7-10H2,1-3H3,(H,17,19)(H2,15,16,18). The molecule has 0 aliphatic heterocycles. The van der Waals surface area contributed by atoms with Crippen molar-refractivity contribution < 1.29 is 4.79 Å². The van der Waals surface area contributed by atoms with E-state index < -0.39 is 0 Å². The van der Waals surface area contributed by atoms with Crippen molar-refractivity contribution in [3.63, 3.8) is 0 Å². The number of rotatable bonds is 6. The minimum atomic E-state index is 0.0529.